The van der Waals surface area contributed by atoms with Crippen molar-refractivity contribution in [1.82, 2.24) is 9.97 Å². The van der Waals surface area contributed by atoms with E-state index in [0.717, 1.165) is 4.47 Å². The Morgan fingerprint density at radius 1 is 1.50 bits per heavy atom. The maximum absolute atomic E-state index is 13.5. The number of primary amides is 1. The molecular formula is C10H7BrFN3O. The standard InChI is InChI=1S/C10H7BrFN3O/c11-5-1-2-7(12)6(3-5)8-4-14-10(15-8)9(13)16/h1-4H,(H2,13,16)(H,14,15). The first-order valence-electron chi connectivity index (χ1n) is 4.38. The minimum atomic E-state index is -0.679. The maximum atomic E-state index is 13.5. The first-order valence-corrected chi connectivity index (χ1v) is 5.17. The van der Waals surface area contributed by atoms with E-state index in [0.29, 0.717) is 11.3 Å². The maximum Gasteiger partial charge on any atom is 0.284 e. The Kier molecular flexibility index (Phi) is 2.74. The van der Waals surface area contributed by atoms with Crippen molar-refractivity contribution >= 4 is 21.8 Å². The first-order chi connectivity index (χ1) is 7.58. The van der Waals surface area contributed by atoms with Crippen LogP contribution in [0.1, 0.15) is 10.6 Å². The Morgan fingerprint density at radius 2 is 2.25 bits per heavy atom. The highest BCUT2D eigenvalue weighted by Crippen LogP contribution is 2.24. The van der Waals surface area contributed by atoms with E-state index in [1.165, 1.54) is 12.3 Å². The number of H-pyrrole nitrogens is 1. The quantitative estimate of drug-likeness (QED) is 0.886. The van der Waals surface area contributed by atoms with Gasteiger partial charge in [0.05, 0.1) is 11.9 Å². The minimum absolute atomic E-state index is 0.00868. The molecule has 0 unspecified atom stereocenters. The summed E-state index contributed by atoms with van der Waals surface area (Å²) in [4.78, 5) is 17.2. The molecule has 0 fully saturated rings. The van der Waals surface area contributed by atoms with Gasteiger partial charge in [-0.25, -0.2) is 9.37 Å². The third-order valence-electron chi connectivity index (χ3n) is 2.03. The molecule has 1 aromatic heterocycles. The zero-order valence-corrected chi connectivity index (χ0v) is 9.58. The van der Waals surface area contributed by atoms with E-state index < -0.39 is 11.7 Å². The number of imidazole rings is 1. The van der Waals surface area contributed by atoms with Gasteiger partial charge in [0.25, 0.3) is 5.91 Å². The molecule has 0 aliphatic carbocycles. The number of halogens is 2. The molecule has 0 atom stereocenters. The van der Waals surface area contributed by atoms with Crippen LogP contribution in [0.25, 0.3) is 11.3 Å². The van der Waals surface area contributed by atoms with Gasteiger partial charge in [-0.05, 0) is 18.2 Å². The van der Waals surface area contributed by atoms with Crippen LogP contribution >= 0.6 is 15.9 Å². The topological polar surface area (TPSA) is 71.8 Å². The number of rotatable bonds is 2. The summed E-state index contributed by atoms with van der Waals surface area (Å²) in [7, 11) is 0. The van der Waals surface area contributed by atoms with E-state index in [-0.39, 0.29) is 5.82 Å². The number of benzene rings is 1. The first kappa shape index (κ1) is 10.8. The van der Waals surface area contributed by atoms with E-state index in [1.807, 2.05) is 0 Å². The van der Waals surface area contributed by atoms with Crippen molar-refractivity contribution in [1.29, 1.82) is 0 Å². The lowest BCUT2D eigenvalue weighted by molar-refractivity contribution is 0.0991. The van der Waals surface area contributed by atoms with E-state index in [9.17, 15) is 9.18 Å². The van der Waals surface area contributed by atoms with Crippen molar-refractivity contribution in [3.63, 3.8) is 0 Å². The summed E-state index contributed by atoms with van der Waals surface area (Å²) in [6.07, 6.45) is 1.37. The Hall–Kier alpha value is -1.69. The molecule has 0 radical (unpaired) electrons. The molecule has 1 heterocycles. The molecule has 0 saturated carbocycles. The summed E-state index contributed by atoms with van der Waals surface area (Å²) >= 11 is 3.24. The van der Waals surface area contributed by atoms with Crippen LogP contribution in [0.2, 0.25) is 0 Å². The molecule has 1 aromatic carbocycles. The lowest BCUT2D eigenvalue weighted by atomic mass is 10.1. The Balaban J connectivity index is 2.50. The second-order valence-electron chi connectivity index (χ2n) is 3.13. The number of amides is 1. The van der Waals surface area contributed by atoms with Crippen LogP contribution in [0.15, 0.2) is 28.9 Å². The van der Waals surface area contributed by atoms with Crippen molar-refractivity contribution in [2.24, 2.45) is 5.73 Å². The minimum Gasteiger partial charge on any atom is -0.363 e. The van der Waals surface area contributed by atoms with Gasteiger partial charge in [-0.15, -0.1) is 0 Å². The average Bonchev–Trinajstić information content (AvgIpc) is 2.70. The third kappa shape index (κ3) is 1.96. The molecule has 1 amide bonds. The summed E-state index contributed by atoms with van der Waals surface area (Å²) < 4.78 is 14.2. The largest absolute Gasteiger partial charge is 0.363 e. The van der Waals surface area contributed by atoms with Crippen molar-refractivity contribution < 1.29 is 9.18 Å². The molecule has 4 nitrogen and oxygen atoms in total. The third-order valence-corrected chi connectivity index (χ3v) is 2.52. The predicted octanol–water partition coefficient (Wildman–Crippen LogP) is 2.08. The van der Waals surface area contributed by atoms with Gasteiger partial charge in [0.2, 0.25) is 0 Å². The van der Waals surface area contributed by atoms with Crippen molar-refractivity contribution in [2.45, 2.75) is 0 Å². The van der Waals surface area contributed by atoms with Gasteiger partial charge in [-0.1, -0.05) is 15.9 Å². The van der Waals surface area contributed by atoms with Crippen LogP contribution in [0.5, 0.6) is 0 Å². The number of carbonyl (C=O) groups is 1. The molecule has 0 aliphatic heterocycles. The number of hydrogen-bond acceptors (Lipinski definition) is 2. The monoisotopic (exact) mass is 283 g/mol. The van der Waals surface area contributed by atoms with Crippen LogP contribution in [-0.2, 0) is 0 Å². The second kappa shape index (κ2) is 4.05. The van der Waals surface area contributed by atoms with E-state index in [4.69, 9.17) is 5.73 Å². The van der Waals surface area contributed by atoms with E-state index in [1.54, 1.807) is 12.1 Å². The van der Waals surface area contributed by atoms with Crippen LogP contribution in [-0.4, -0.2) is 15.9 Å². The predicted molar refractivity (Wildman–Crippen MR) is 60.2 cm³/mol. The fourth-order valence-corrected chi connectivity index (χ4v) is 1.65. The summed E-state index contributed by atoms with van der Waals surface area (Å²) in [5, 5.41) is 0. The molecule has 82 valence electrons. The Bertz CT molecular complexity index is 553. The molecule has 6 heteroatoms. The van der Waals surface area contributed by atoms with E-state index >= 15 is 0 Å². The molecule has 2 aromatic rings. The normalized spacial score (nSPS) is 10.4. The Labute approximate surface area is 98.8 Å². The van der Waals surface area contributed by atoms with Crippen LogP contribution in [0, 0.1) is 5.82 Å². The average molecular weight is 284 g/mol. The molecule has 0 bridgehead atoms. The molecule has 16 heavy (non-hydrogen) atoms. The lowest BCUT2D eigenvalue weighted by Gasteiger charge is -2.00. The summed E-state index contributed by atoms with van der Waals surface area (Å²) in [5.41, 5.74) is 5.78. The molecule has 0 aliphatic rings. The fraction of sp³-hybridized carbons (Fsp3) is 0. The molecular weight excluding hydrogens is 277 g/mol. The van der Waals surface area contributed by atoms with Gasteiger partial charge in [-0.3, -0.25) is 4.79 Å². The molecule has 0 saturated heterocycles. The number of nitrogens with two attached hydrogens (primary N) is 1. The highest BCUT2D eigenvalue weighted by molar-refractivity contribution is 9.10. The summed E-state index contributed by atoms with van der Waals surface area (Å²) in [6, 6.07) is 4.50. The van der Waals surface area contributed by atoms with Crippen molar-refractivity contribution in [3.05, 3.63) is 40.5 Å². The van der Waals surface area contributed by atoms with Gasteiger partial charge >= 0.3 is 0 Å². The number of carbonyl (C=O) groups excluding carboxylic acids is 1. The zero-order chi connectivity index (χ0) is 11.7. The molecule has 0 spiro atoms. The van der Waals surface area contributed by atoms with Crippen LogP contribution in [0.4, 0.5) is 4.39 Å². The SMILES string of the molecule is NC(=O)c1ncc(-c2cc(Br)ccc2F)[nH]1. The number of hydrogen-bond donors (Lipinski definition) is 2. The summed E-state index contributed by atoms with van der Waals surface area (Å²) in [5.74, 6) is -1.07. The number of aromatic nitrogens is 2. The van der Waals surface area contributed by atoms with Crippen molar-refractivity contribution in [2.75, 3.05) is 0 Å². The number of aromatic amines is 1. The Morgan fingerprint density at radius 3 is 2.88 bits per heavy atom. The highest BCUT2D eigenvalue weighted by Gasteiger charge is 2.11. The second-order valence-corrected chi connectivity index (χ2v) is 4.05. The van der Waals surface area contributed by atoms with Gasteiger partial charge in [0, 0.05) is 10.0 Å². The molecule has 3 N–H and O–H groups in total. The van der Waals surface area contributed by atoms with Gasteiger partial charge < -0.3 is 10.7 Å². The van der Waals surface area contributed by atoms with Gasteiger partial charge in [0.15, 0.2) is 5.82 Å². The zero-order valence-electron chi connectivity index (χ0n) is 8.00. The van der Waals surface area contributed by atoms with Crippen LogP contribution < -0.4 is 5.73 Å². The van der Waals surface area contributed by atoms with Crippen LogP contribution in [0.3, 0.4) is 0 Å². The smallest absolute Gasteiger partial charge is 0.284 e. The molecule has 2 rings (SSSR count). The number of nitrogens with zero attached hydrogens (tertiary/aromatic N) is 1. The highest BCUT2D eigenvalue weighted by atomic mass is 79.9. The fourth-order valence-electron chi connectivity index (χ4n) is 1.29. The summed E-state index contributed by atoms with van der Waals surface area (Å²) in [6.45, 7) is 0. The van der Waals surface area contributed by atoms with Crippen molar-refractivity contribution in [3.8, 4) is 11.3 Å². The van der Waals surface area contributed by atoms with Gasteiger partial charge in [0.1, 0.15) is 5.82 Å². The van der Waals surface area contributed by atoms with E-state index in [2.05, 4.69) is 25.9 Å². The lowest BCUT2D eigenvalue weighted by Crippen LogP contribution is -2.12. The number of nitrogens with one attached hydrogen (secondary N) is 1. The van der Waals surface area contributed by atoms with Gasteiger partial charge in [-0.2, -0.15) is 0 Å².